The monoisotopic (exact) mass is 321 g/mol. The van der Waals surface area contributed by atoms with Crippen molar-refractivity contribution in [3.63, 3.8) is 0 Å². The third-order valence-corrected chi connectivity index (χ3v) is 4.93. The Balaban J connectivity index is 1.58. The Bertz CT molecular complexity index is 737. The number of hydrogen-bond donors (Lipinski definition) is 1. The zero-order valence-electron chi connectivity index (χ0n) is 13.9. The van der Waals surface area contributed by atoms with Gasteiger partial charge in [0, 0.05) is 44.0 Å². The van der Waals surface area contributed by atoms with Crippen LogP contribution in [0.4, 0.5) is 11.4 Å². The number of carbonyl (C=O) groups excluding carboxylic acids is 1. The van der Waals surface area contributed by atoms with E-state index in [1.54, 1.807) is 0 Å². The van der Waals surface area contributed by atoms with Gasteiger partial charge in [-0.25, -0.2) is 0 Å². The number of anilines is 2. The minimum atomic E-state index is 0.223. The summed E-state index contributed by atoms with van der Waals surface area (Å²) in [4.78, 5) is 16.8. The number of aryl methyl sites for hydroxylation is 1. The van der Waals surface area contributed by atoms with Crippen LogP contribution >= 0.6 is 0 Å². The number of carbonyl (C=O) groups is 1. The molecule has 124 valence electrons. The maximum atomic E-state index is 12.5. The molecule has 4 nitrogen and oxygen atoms in total. The number of benzene rings is 2. The molecular weight excluding hydrogens is 298 g/mol. The molecule has 4 rings (SSSR count). The largest absolute Gasteiger partial charge is 0.369 e. The Morgan fingerprint density at radius 1 is 0.958 bits per heavy atom. The fourth-order valence-corrected chi connectivity index (χ4v) is 3.63. The van der Waals surface area contributed by atoms with Crippen molar-refractivity contribution in [2.45, 2.75) is 19.4 Å². The van der Waals surface area contributed by atoms with Crippen molar-refractivity contribution in [3.8, 4) is 0 Å². The minimum Gasteiger partial charge on any atom is -0.369 e. The summed E-state index contributed by atoms with van der Waals surface area (Å²) < 4.78 is 0. The molecule has 1 N–H and O–H groups in total. The molecule has 0 aliphatic carbocycles. The van der Waals surface area contributed by atoms with Crippen LogP contribution in [0.25, 0.3) is 0 Å². The van der Waals surface area contributed by atoms with Gasteiger partial charge in [0.25, 0.3) is 0 Å². The number of piperazine rings is 1. The van der Waals surface area contributed by atoms with Gasteiger partial charge in [0.1, 0.15) is 0 Å². The van der Waals surface area contributed by atoms with Crippen molar-refractivity contribution in [1.29, 1.82) is 0 Å². The van der Waals surface area contributed by atoms with Crippen molar-refractivity contribution >= 4 is 17.3 Å². The maximum absolute atomic E-state index is 12.5. The lowest BCUT2D eigenvalue weighted by Crippen LogP contribution is -2.43. The van der Waals surface area contributed by atoms with E-state index in [1.807, 2.05) is 11.0 Å². The number of hydrogen-bond acceptors (Lipinski definition) is 3. The van der Waals surface area contributed by atoms with Gasteiger partial charge in [-0.3, -0.25) is 4.79 Å². The lowest BCUT2D eigenvalue weighted by atomic mass is 10.0. The Labute approximate surface area is 143 Å². The Morgan fingerprint density at radius 2 is 1.79 bits per heavy atom. The molecule has 0 atom stereocenters. The zero-order chi connectivity index (χ0) is 16.4. The van der Waals surface area contributed by atoms with Crippen LogP contribution in [0.15, 0.2) is 48.5 Å². The minimum absolute atomic E-state index is 0.223. The number of para-hydroxylation sites is 1. The van der Waals surface area contributed by atoms with E-state index in [1.165, 1.54) is 16.8 Å². The SMILES string of the molecule is O=C1CCc2ccccc2N1Cc1cccc(N2CCNCC2)c1. The molecule has 2 heterocycles. The molecule has 2 aliphatic rings. The van der Waals surface area contributed by atoms with Crippen LogP contribution in [-0.2, 0) is 17.8 Å². The highest BCUT2D eigenvalue weighted by atomic mass is 16.2. The molecule has 0 aromatic heterocycles. The number of fused-ring (bicyclic) bond motifs is 1. The van der Waals surface area contributed by atoms with Crippen LogP contribution < -0.4 is 15.1 Å². The molecule has 2 aromatic rings. The summed E-state index contributed by atoms with van der Waals surface area (Å²) in [6.07, 6.45) is 1.46. The summed E-state index contributed by atoms with van der Waals surface area (Å²) in [5.74, 6) is 0.223. The van der Waals surface area contributed by atoms with Gasteiger partial charge in [0.15, 0.2) is 0 Å². The fourth-order valence-electron chi connectivity index (χ4n) is 3.63. The molecule has 0 saturated carbocycles. The third kappa shape index (κ3) is 3.02. The Kier molecular flexibility index (Phi) is 4.22. The van der Waals surface area contributed by atoms with Crippen LogP contribution in [0.2, 0.25) is 0 Å². The van der Waals surface area contributed by atoms with E-state index in [4.69, 9.17) is 0 Å². The summed E-state index contributed by atoms with van der Waals surface area (Å²) >= 11 is 0. The molecule has 4 heteroatoms. The van der Waals surface area contributed by atoms with Crippen LogP contribution in [0.5, 0.6) is 0 Å². The molecule has 0 unspecified atom stereocenters. The van der Waals surface area contributed by atoms with Gasteiger partial charge in [-0.15, -0.1) is 0 Å². The molecule has 0 bridgehead atoms. The average molecular weight is 321 g/mol. The first-order valence-electron chi connectivity index (χ1n) is 8.74. The summed E-state index contributed by atoms with van der Waals surface area (Å²) in [7, 11) is 0. The lowest BCUT2D eigenvalue weighted by molar-refractivity contribution is -0.119. The standard InChI is InChI=1S/C20H23N3O/c24-20-9-8-17-5-1-2-7-19(17)23(20)15-16-4-3-6-18(14-16)22-12-10-21-11-13-22/h1-7,14,21H,8-13,15H2. The van der Waals surface area contributed by atoms with Gasteiger partial charge < -0.3 is 15.1 Å². The van der Waals surface area contributed by atoms with Crippen LogP contribution in [0, 0.1) is 0 Å². The number of rotatable bonds is 3. The lowest BCUT2D eigenvalue weighted by Gasteiger charge is -2.31. The highest BCUT2D eigenvalue weighted by Gasteiger charge is 2.24. The van der Waals surface area contributed by atoms with Crippen molar-refractivity contribution in [3.05, 3.63) is 59.7 Å². The van der Waals surface area contributed by atoms with Crippen molar-refractivity contribution in [1.82, 2.24) is 5.32 Å². The maximum Gasteiger partial charge on any atom is 0.227 e. The first kappa shape index (κ1) is 15.2. The van der Waals surface area contributed by atoms with Crippen LogP contribution in [0.1, 0.15) is 17.5 Å². The smallest absolute Gasteiger partial charge is 0.227 e. The van der Waals surface area contributed by atoms with Gasteiger partial charge in [-0.1, -0.05) is 30.3 Å². The van der Waals surface area contributed by atoms with E-state index in [2.05, 4.69) is 52.7 Å². The molecule has 1 saturated heterocycles. The van der Waals surface area contributed by atoms with Crippen molar-refractivity contribution in [2.75, 3.05) is 36.0 Å². The van der Waals surface area contributed by atoms with Gasteiger partial charge in [-0.05, 0) is 35.7 Å². The van der Waals surface area contributed by atoms with Gasteiger partial charge >= 0.3 is 0 Å². The quantitative estimate of drug-likeness (QED) is 0.944. The van der Waals surface area contributed by atoms with Gasteiger partial charge in [-0.2, -0.15) is 0 Å². The van der Waals surface area contributed by atoms with E-state index in [9.17, 15) is 4.79 Å². The molecule has 0 radical (unpaired) electrons. The highest BCUT2D eigenvalue weighted by molar-refractivity contribution is 5.96. The predicted octanol–water partition coefficient (Wildman–Crippen LogP) is 2.58. The summed E-state index contributed by atoms with van der Waals surface area (Å²) in [5.41, 5.74) is 4.79. The fraction of sp³-hybridized carbons (Fsp3) is 0.350. The van der Waals surface area contributed by atoms with E-state index in [0.717, 1.165) is 38.3 Å². The molecular formula is C20H23N3O. The average Bonchev–Trinajstić information content (AvgIpc) is 2.65. The molecule has 1 fully saturated rings. The summed E-state index contributed by atoms with van der Waals surface area (Å²) in [6, 6.07) is 16.9. The summed E-state index contributed by atoms with van der Waals surface area (Å²) in [6.45, 7) is 4.78. The van der Waals surface area contributed by atoms with E-state index >= 15 is 0 Å². The highest BCUT2D eigenvalue weighted by Crippen LogP contribution is 2.29. The number of nitrogens with one attached hydrogen (secondary N) is 1. The Morgan fingerprint density at radius 3 is 2.67 bits per heavy atom. The molecule has 24 heavy (non-hydrogen) atoms. The second-order valence-corrected chi connectivity index (χ2v) is 6.52. The summed E-state index contributed by atoms with van der Waals surface area (Å²) in [5, 5.41) is 3.39. The normalized spacial score (nSPS) is 17.8. The van der Waals surface area contributed by atoms with Crippen molar-refractivity contribution < 1.29 is 4.79 Å². The number of amides is 1. The molecule has 2 aliphatic heterocycles. The third-order valence-electron chi connectivity index (χ3n) is 4.93. The van der Waals surface area contributed by atoms with Gasteiger partial charge in [0.05, 0.1) is 6.54 Å². The Hall–Kier alpha value is -2.33. The first-order chi connectivity index (χ1) is 11.8. The van der Waals surface area contributed by atoms with E-state index in [-0.39, 0.29) is 5.91 Å². The molecule has 1 amide bonds. The second kappa shape index (κ2) is 6.65. The van der Waals surface area contributed by atoms with Crippen LogP contribution in [-0.4, -0.2) is 32.1 Å². The van der Waals surface area contributed by atoms with E-state index in [0.29, 0.717) is 13.0 Å². The van der Waals surface area contributed by atoms with Crippen molar-refractivity contribution in [2.24, 2.45) is 0 Å². The number of nitrogens with zero attached hydrogens (tertiary/aromatic N) is 2. The molecule has 2 aromatic carbocycles. The first-order valence-corrected chi connectivity index (χ1v) is 8.74. The van der Waals surface area contributed by atoms with E-state index < -0.39 is 0 Å². The zero-order valence-corrected chi connectivity index (χ0v) is 13.9. The second-order valence-electron chi connectivity index (χ2n) is 6.52. The topological polar surface area (TPSA) is 35.6 Å². The van der Waals surface area contributed by atoms with Crippen LogP contribution in [0.3, 0.4) is 0 Å². The van der Waals surface area contributed by atoms with Gasteiger partial charge in [0.2, 0.25) is 5.91 Å². The molecule has 0 spiro atoms. The predicted molar refractivity (Wildman–Crippen MR) is 97.5 cm³/mol.